The summed E-state index contributed by atoms with van der Waals surface area (Å²) in [4.78, 5) is 20.2. The molecule has 1 aliphatic carbocycles. The summed E-state index contributed by atoms with van der Waals surface area (Å²) < 4.78 is 37.7. The molecule has 0 spiro atoms. The van der Waals surface area contributed by atoms with Gasteiger partial charge in [0, 0.05) is 16.9 Å². The molecule has 3 aromatic heterocycles. The molecule has 200 valence electrons. The maximum Gasteiger partial charge on any atom is 0.249 e. The van der Waals surface area contributed by atoms with E-state index < -0.39 is 5.82 Å². The maximum absolute atomic E-state index is 14.3. The van der Waals surface area contributed by atoms with Crippen LogP contribution < -0.4 is 10.0 Å². The Morgan fingerprint density at radius 2 is 1.92 bits per heavy atom. The lowest BCUT2D eigenvalue weighted by Gasteiger charge is -2.08. The molecule has 0 atom stereocenters. The van der Waals surface area contributed by atoms with Crippen molar-refractivity contribution in [1.29, 1.82) is 0 Å². The second kappa shape index (κ2) is 12.6. The third kappa shape index (κ3) is 7.60. The molecule has 3 heterocycles. The van der Waals surface area contributed by atoms with E-state index in [-0.39, 0.29) is 36.5 Å². The number of hydrogen-bond acceptors (Lipinski definition) is 8. The van der Waals surface area contributed by atoms with E-state index in [4.69, 9.17) is 4.52 Å². The zero-order valence-corrected chi connectivity index (χ0v) is 22.1. The molecule has 12 heteroatoms. The van der Waals surface area contributed by atoms with E-state index >= 15 is 0 Å². The van der Waals surface area contributed by atoms with Crippen molar-refractivity contribution in [2.24, 2.45) is 5.92 Å². The summed E-state index contributed by atoms with van der Waals surface area (Å²) in [5.74, 6) is -0.502. The van der Waals surface area contributed by atoms with Gasteiger partial charge < -0.3 is 9.84 Å². The van der Waals surface area contributed by atoms with Crippen molar-refractivity contribution in [1.82, 2.24) is 29.6 Å². The zero-order chi connectivity index (χ0) is 27.1. The first-order valence-corrected chi connectivity index (χ1v) is 13.1. The number of amides is 1. The fourth-order valence-electron chi connectivity index (χ4n) is 3.13. The standard InChI is InChI=1S/C22H19F2N7O2S.C4H10/c23-15-4-2-1-3-13(15)12-31-19(17-7-8-33-29-17)9-18(28-31)22-25-10-16(24)21(27-22)26-11-20(32)30-34-14-5-6-14;1-4(2)3/h1-4,7-10,14H,5-6,11-12H2,(H,30,32)(H,25,26,27);4H,1-3H3. The van der Waals surface area contributed by atoms with Gasteiger partial charge in [0.05, 0.1) is 25.0 Å². The fraction of sp³-hybridized carbons (Fsp3) is 0.346. The molecule has 9 nitrogen and oxygen atoms in total. The molecule has 0 bridgehead atoms. The second-order valence-electron chi connectivity index (χ2n) is 9.37. The molecule has 5 rings (SSSR count). The van der Waals surface area contributed by atoms with E-state index in [0.717, 1.165) is 25.0 Å². The Hall–Kier alpha value is -3.80. The lowest BCUT2D eigenvalue weighted by molar-refractivity contribution is -0.117. The molecular formula is C26H29F2N7O2S. The number of halogens is 2. The average Bonchev–Trinajstić information content (AvgIpc) is 3.37. The van der Waals surface area contributed by atoms with Gasteiger partial charge in [-0.2, -0.15) is 5.10 Å². The smallest absolute Gasteiger partial charge is 0.249 e. The van der Waals surface area contributed by atoms with E-state index in [0.29, 0.717) is 27.9 Å². The highest BCUT2D eigenvalue weighted by Crippen LogP contribution is 2.31. The second-order valence-corrected chi connectivity index (χ2v) is 10.5. The number of benzene rings is 1. The predicted octanol–water partition coefficient (Wildman–Crippen LogP) is 5.32. The van der Waals surface area contributed by atoms with E-state index in [1.807, 2.05) is 0 Å². The quantitative estimate of drug-likeness (QED) is 0.274. The van der Waals surface area contributed by atoms with Gasteiger partial charge in [0.1, 0.15) is 23.5 Å². The third-order valence-electron chi connectivity index (χ3n) is 5.01. The van der Waals surface area contributed by atoms with E-state index in [1.165, 1.54) is 24.3 Å². The molecule has 4 aromatic rings. The number of nitrogens with zero attached hydrogens (tertiary/aromatic N) is 5. The van der Waals surface area contributed by atoms with Gasteiger partial charge in [-0.1, -0.05) is 44.1 Å². The number of carbonyl (C=O) groups excluding carboxylic acids is 1. The first kappa shape index (κ1) is 27.2. The Balaban J connectivity index is 0.000000786. The molecule has 38 heavy (non-hydrogen) atoms. The van der Waals surface area contributed by atoms with Crippen LogP contribution in [0.25, 0.3) is 22.9 Å². The topological polar surface area (TPSA) is 111 Å². The molecule has 0 unspecified atom stereocenters. The number of carbonyl (C=O) groups is 1. The third-order valence-corrected chi connectivity index (χ3v) is 6.16. The molecule has 1 aliphatic rings. The van der Waals surface area contributed by atoms with Crippen LogP contribution in [0, 0.1) is 17.6 Å². The largest absolute Gasteiger partial charge is 0.364 e. The van der Waals surface area contributed by atoms with E-state index in [2.05, 4.69) is 51.0 Å². The molecule has 0 saturated heterocycles. The van der Waals surface area contributed by atoms with Gasteiger partial charge in [0.2, 0.25) is 5.91 Å². The number of hydrogen-bond donors (Lipinski definition) is 2. The maximum atomic E-state index is 14.3. The Kier molecular flexibility index (Phi) is 9.06. The lowest BCUT2D eigenvalue weighted by atomic mass is 10.2. The highest BCUT2D eigenvalue weighted by Gasteiger charge is 2.23. The van der Waals surface area contributed by atoms with Crippen molar-refractivity contribution >= 4 is 23.7 Å². The normalized spacial score (nSPS) is 12.7. The molecule has 1 amide bonds. The Labute approximate surface area is 223 Å². The first-order chi connectivity index (χ1) is 18.3. The monoisotopic (exact) mass is 541 g/mol. The van der Waals surface area contributed by atoms with Crippen LogP contribution in [0.1, 0.15) is 39.2 Å². The molecular weight excluding hydrogens is 512 g/mol. The minimum absolute atomic E-state index is 0.122. The SMILES string of the molecule is CC(C)C.O=C(CNc1nc(-c2cc(-c3ccon3)n(Cc3ccccc3F)n2)ncc1F)NSC1CC1. The van der Waals surface area contributed by atoms with Crippen LogP contribution in [0.3, 0.4) is 0 Å². The summed E-state index contributed by atoms with van der Waals surface area (Å²) >= 11 is 1.38. The summed E-state index contributed by atoms with van der Waals surface area (Å²) in [5.41, 5.74) is 1.79. The van der Waals surface area contributed by atoms with Gasteiger partial charge in [-0.15, -0.1) is 0 Å². The number of anilines is 1. The van der Waals surface area contributed by atoms with Crippen LogP contribution in [0.2, 0.25) is 0 Å². The predicted molar refractivity (Wildman–Crippen MR) is 142 cm³/mol. The Bertz CT molecular complexity index is 1350. The number of rotatable bonds is 9. The van der Waals surface area contributed by atoms with Crippen LogP contribution >= 0.6 is 11.9 Å². The summed E-state index contributed by atoms with van der Waals surface area (Å²) in [6, 6.07) is 9.68. The van der Waals surface area contributed by atoms with Crippen LogP contribution in [0.15, 0.2) is 53.4 Å². The van der Waals surface area contributed by atoms with Crippen LogP contribution in [0.5, 0.6) is 0 Å². The Morgan fingerprint density at radius 3 is 2.61 bits per heavy atom. The van der Waals surface area contributed by atoms with Crippen molar-refractivity contribution in [3.8, 4) is 22.9 Å². The van der Waals surface area contributed by atoms with Crippen molar-refractivity contribution in [2.45, 2.75) is 45.4 Å². The summed E-state index contributed by atoms with van der Waals surface area (Å²) in [6.07, 6.45) is 4.59. The molecule has 1 fully saturated rings. The number of aromatic nitrogens is 5. The highest BCUT2D eigenvalue weighted by atomic mass is 32.2. The van der Waals surface area contributed by atoms with Gasteiger partial charge >= 0.3 is 0 Å². The van der Waals surface area contributed by atoms with Crippen LogP contribution in [-0.2, 0) is 11.3 Å². The number of nitrogens with one attached hydrogen (secondary N) is 2. The molecule has 0 aliphatic heterocycles. The van der Waals surface area contributed by atoms with E-state index in [9.17, 15) is 13.6 Å². The van der Waals surface area contributed by atoms with E-state index in [1.54, 1.807) is 35.0 Å². The highest BCUT2D eigenvalue weighted by molar-refractivity contribution is 7.98. The van der Waals surface area contributed by atoms with Crippen molar-refractivity contribution < 1.29 is 18.1 Å². The average molecular weight is 542 g/mol. The zero-order valence-electron chi connectivity index (χ0n) is 21.3. The van der Waals surface area contributed by atoms with Gasteiger partial charge in [0.15, 0.2) is 17.5 Å². The molecule has 1 aromatic carbocycles. The Morgan fingerprint density at radius 1 is 1.16 bits per heavy atom. The van der Waals surface area contributed by atoms with Gasteiger partial charge in [-0.25, -0.2) is 18.7 Å². The van der Waals surface area contributed by atoms with Gasteiger partial charge in [-0.3, -0.25) is 14.2 Å². The lowest BCUT2D eigenvalue weighted by Crippen LogP contribution is -2.26. The summed E-state index contributed by atoms with van der Waals surface area (Å²) in [6.45, 7) is 6.49. The van der Waals surface area contributed by atoms with Gasteiger partial charge in [0.25, 0.3) is 0 Å². The van der Waals surface area contributed by atoms with Crippen molar-refractivity contribution in [3.63, 3.8) is 0 Å². The van der Waals surface area contributed by atoms with Crippen LogP contribution in [0.4, 0.5) is 14.6 Å². The fourth-order valence-corrected chi connectivity index (χ4v) is 3.88. The van der Waals surface area contributed by atoms with Crippen molar-refractivity contribution in [3.05, 3.63) is 66.1 Å². The summed E-state index contributed by atoms with van der Waals surface area (Å²) in [5, 5.41) is 11.6. The van der Waals surface area contributed by atoms with Gasteiger partial charge in [-0.05, 0) is 42.8 Å². The van der Waals surface area contributed by atoms with Crippen LogP contribution in [-0.4, -0.2) is 42.6 Å². The molecule has 1 saturated carbocycles. The van der Waals surface area contributed by atoms with Crippen molar-refractivity contribution in [2.75, 3.05) is 11.9 Å². The minimum atomic E-state index is -0.700. The summed E-state index contributed by atoms with van der Waals surface area (Å²) in [7, 11) is 0. The first-order valence-electron chi connectivity index (χ1n) is 12.2. The molecule has 0 radical (unpaired) electrons. The minimum Gasteiger partial charge on any atom is -0.364 e. The molecule has 2 N–H and O–H groups in total.